The van der Waals surface area contributed by atoms with Crippen molar-refractivity contribution in [3.05, 3.63) is 59.7 Å². The van der Waals surface area contributed by atoms with Crippen LogP contribution >= 0.6 is 0 Å². The number of rotatable bonds is 2. The topological polar surface area (TPSA) is 76.1 Å². The van der Waals surface area contributed by atoms with E-state index in [4.69, 9.17) is 9.47 Å². The molecule has 128 valence electrons. The number of para-hydroxylation sites is 2. The van der Waals surface area contributed by atoms with Crippen LogP contribution in [0.15, 0.2) is 48.5 Å². The van der Waals surface area contributed by atoms with Gasteiger partial charge in [0.25, 0.3) is 5.91 Å². The van der Waals surface area contributed by atoms with Crippen molar-refractivity contribution in [1.82, 2.24) is 4.90 Å². The fourth-order valence-electron chi connectivity index (χ4n) is 3.30. The van der Waals surface area contributed by atoms with Gasteiger partial charge < -0.3 is 19.5 Å². The van der Waals surface area contributed by atoms with Gasteiger partial charge in [-0.2, -0.15) is 0 Å². The van der Waals surface area contributed by atoms with Gasteiger partial charge in [0.1, 0.15) is 12.6 Å². The molecule has 0 aliphatic carbocycles. The summed E-state index contributed by atoms with van der Waals surface area (Å²) in [6, 6.07) is 13.8. The van der Waals surface area contributed by atoms with Gasteiger partial charge in [0.2, 0.25) is 6.10 Å². The number of ether oxygens (including phenoxy) is 2. The number of fused-ring (bicyclic) bond motifs is 2. The summed E-state index contributed by atoms with van der Waals surface area (Å²) in [6.45, 7) is 0.327. The third-order valence-electron chi connectivity index (χ3n) is 4.60. The molecule has 0 aromatic heterocycles. The molecule has 0 unspecified atom stereocenters. The van der Waals surface area contributed by atoms with Crippen molar-refractivity contribution in [2.45, 2.75) is 25.1 Å². The van der Waals surface area contributed by atoms with Crippen LogP contribution in [0.4, 0.5) is 0 Å². The second-order valence-corrected chi connectivity index (χ2v) is 6.16. The lowest BCUT2D eigenvalue weighted by Gasteiger charge is -2.37. The van der Waals surface area contributed by atoms with Crippen molar-refractivity contribution in [3.8, 4) is 11.5 Å². The highest BCUT2D eigenvalue weighted by Gasteiger charge is 2.39. The van der Waals surface area contributed by atoms with E-state index in [2.05, 4.69) is 0 Å². The van der Waals surface area contributed by atoms with Gasteiger partial charge >= 0.3 is 5.97 Å². The lowest BCUT2D eigenvalue weighted by molar-refractivity contribution is -0.156. The van der Waals surface area contributed by atoms with Crippen LogP contribution in [-0.4, -0.2) is 40.6 Å². The fourth-order valence-corrected chi connectivity index (χ4v) is 3.30. The molecule has 1 amide bonds. The van der Waals surface area contributed by atoms with Gasteiger partial charge in [0, 0.05) is 13.0 Å². The van der Waals surface area contributed by atoms with E-state index in [0.717, 1.165) is 11.1 Å². The number of carbonyl (C=O) groups is 2. The Labute approximate surface area is 144 Å². The van der Waals surface area contributed by atoms with E-state index in [0.29, 0.717) is 17.9 Å². The van der Waals surface area contributed by atoms with Crippen LogP contribution in [-0.2, 0) is 22.6 Å². The Morgan fingerprint density at radius 1 is 1.00 bits per heavy atom. The molecule has 0 radical (unpaired) electrons. The fraction of sp³-hybridized carbons (Fsp3) is 0.263. The molecule has 2 aromatic carbocycles. The van der Waals surface area contributed by atoms with E-state index in [1.165, 1.54) is 4.90 Å². The van der Waals surface area contributed by atoms with Crippen molar-refractivity contribution in [1.29, 1.82) is 0 Å². The highest BCUT2D eigenvalue weighted by molar-refractivity contribution is 5.87. The third kappa shape index (κ3) is 2.80. The summed E-state index contributed by atoms with van der Waals surface area (Å²) in [7, 11) is 0. The lowest BCUT2D eigenvalue weighted by atomic mass is 9.93. The van der Waals surface area contributed by atoms with Gasteiger partial charge in [-0.05, 0) is 23.3 Å². The number of aliphatic carboxylic acids is 1. The maximum absolute atomic E-state index is 12.9. The summed E-state index contributed by atoms with van der Waals surface area (Å²) in [5.74, 6) is -0.293. The summed E-state index contributed by atoms with van der Waals surface area (Å²) in [4.78, 5) is 26.0. The summed E-state index contributed by atoms with van der Waals surface area (Å²) in [5.41, 5.74) is 1.93. The molecule has 0 fully saturated rings. The van der Waals surface area contributed by atoms with E-state index in [9.17, 15) is 14.7 Å². The van der Waals surface area contributed by atoms with E-state index in [1.54, 1.807) is 18.2 Å². The Kier molecular flexibility index (Phi) is 3.80. The minimum atomic E-state index is -1.01. The van der Waals surface area contributed by atoms with E-state index < -0.39 is 18.1 Å². The lowest BCUT2D eigenvalue weighted by Crippen LogP contribution is -2.54. The zero-order valence-corrected chi connectivity index (χ0v) is 13.4. The summed E-state index contributed by atoms with van der Waals surface area (Å²) < 4.78 is 11.3. The molecule has 2 aliphatic rings. The molecule has 4 rings (SSSR count). The highest BCUT2D eigenvalue weighted by atomic mass is 16.6. The Bertz CT molecular complexity index is 834. The van der Waals surface area contributed by atoms with Gasteiger partial charge in [-0.1, -0.05) is 36.4 Å². The first-order chi connectivity index (χ1) is 12.1. The number of carbonyl (C=O) groups excluding carboxylic acids is 1. The van der Waals surface area contributed by atoms with E-state index >= 15 is 0 Å². The molecule has 25 heavy (non-hydrogen) atoms. The second-order valence-electron chi connectivity index (χ2n) is 6.16. The van der Waals surface area contributed by atoms with Crippen LogP contribution in [0.3, 0.4) is 0 Å². The SMILES string of the molecule is O=C(O)[C@H]1Cc2ccccc2CN1C(=O)[C@@H]1COc2ccccc2O1. The van der Waals surface area contributed by atoms with E-state index in [1.807, 2.05) is 30.3 Å². The molecule has 1 N–H and O–H groups in total. The number of carboxylic acids is 1. The molecule has 0 saturated carbocycles. The largest absolute Gasteiger partial charge is 0.485 e. The molecule has 2 aromatic rings. The first-order valence-electron chi connectivity index (χ1n) is 8.12. The average Bonchev–Trinajstić information content (AvgIpc) is 2.66. The van der Waals surface area contributed by atoms with E-state index in [-0.39, 0.29) is 19.1 Å². The van der Waals surface area contributed by atoms with Crippen molar-refractivity contribution in [2.24, 2.45) is 0 Å². The maximum atomic E-state index is 12.9. The normalized spacial score (nSPS) is 21.4. The first kappa shape index (κ1) is 15.5. The predicted molar refractivity (Wildman–Crippen MR) is 88.5 cm³/mol. The Morgan fingerprint density at radius 2 is 1.68 bits per heavy atom. The van der Waals surface area contributed by atoms with Crippen molar-refractivity contribution in [2.75, 3.05) is 6.61 Å². The standard InChI is InChI=1S/C19H17NO5/c21-18(17-11-24-15-7-3-4-8-16(15)25-17)20-10-13-6-2-1-5-12(13)9-14(20)19(22)23/h1-8,14,17H,9-11H2,(H,22,23)/t14-,17+/m1/s1. The molecule has 2 atom stereocenters. The van der Waals surface area contributed by atoms with Gasteiger partial charge in [-0.25, -0.2) is 4.79 Å². The minimum absolute atomic E-state index is 0.0698. The molecule has 0 spiro atoms. The number of carboxylic acid groups (broad SMARTS) is 1. The third-order valence-corrected chi connectivity index (χ3v) is 4.60. The van der Waals surface area contributed by atoms with Crippen LogP contribution in [0.1, 0.15) is 11.1 Å². The number of nitrogens with zero attached hydrogens (tertiary/aromatic N) is 1. The zero-order valence-electron chi connectivity index (χ0n) is 13.4. The highest BCUT2D eigenvalue weighted by Crippen LogP contribution is 2.32. The molecule has 0 bridgehead atoms. The molecule has 2 aliphatic heterocycles. The van der Waals surface area contributed by atoms with Crippen molar-refractivity contribution < 1.29 is 24.2 Å². The maximum Gasteiger partial charge on any atom is 0.326 e. The monoisotopic (exact) mass is 339 g/mol. The molecule has 0 saturated heterocycles. The summed E-state index contributed by atoms with van der Waals surface area (Å²) in [6.07, 6.45) is -0.552. The molecule has 2 heterocycles. The Hall–Kier alpha value is -3.02. The number of hydrogen-bond donors (Lipinski definition) is 1. The van der Waals surface area contributed by atoms with Crippen LogP contribution in [0.2, 0.25) is 0 Å². The quantitative estimate of drug-likeness (QED) is 0.904. The van der Waals surface area contributed by atoms with Gasteiger partial charge in [-0.15, -0.1) is 0 Å². The second kappa shape index (κ2) is 6.12. The number of benzene rings is 2. The number of hydrogen-bond acceptors (Lipinski definition) is 4. The smallest absolute Gasteiger partial charge is 0.326 e. The van der Waals surface area contributed by atoms with Crippen LogP contribution in [0.5, 0.6) is 11.5 Å². The molecular weight excluding hydrogens is 322 g/mol. The minimum Gasteiger partial charge on any atom is -0.485 e. The first-order valence-corrected chi connectivity index (χ1v) is 8.12. The van der Waals surface area contributed by atoms with Crippen LogP contribution < -0.4 is 9.47 Å². The Balaban J connectivity index is 1.59. The summed E-state index contributed by atoms with van der Waals surface area (Å²) in [5, 5.41) is 9.57. The van der Waals surface area contributed by atoms with Crippen molar-refractivity contribution >= 4 is 11.9 Å². The summed E-state index contributed by atoms with van der Waals surface area (Å²) >= 11 is 0. The molecular formula is C19H17NO5. The number of amides is 1. The Morgan fingerprint density at radius 3 is 2.44 bits per heavy atom. The molecule has 6 nitrogen and oxygen atoms in total. The van der Waals surface area contributed by atoms with Gasteiger partial charge in [0.05, 0.1) is 0 Å². The van der Waals surface area contributed by atoms with Gasteiger partial charge in [-0.3, -0.25) is 4.79 Å². The predicted octanol–water partition coefficient (Wildman–Crippen LogP) is 1.86. The zero-order chi connectivity index (χ0) is 17.4. The molecule has 6 heteroatoms. The average molecular weight is 339 g/mol. The van der Waals surface area contributed by atoms with Gasteiger partial charge in [0.15, 0.2) is 11.5 Å². The van der Waals surface area contributed by atoms with Crippen LogP contribution in [0.25, 0.3) is 0 Å². The van der Waals surface area contributed by atoms with Crippen molar-refractivity contribution in [3.63, 3.8) is 0 Å². The van der Waals surface area contributed by atoms with Crippen LogP contribution in [0, 0.1) is 0 Å².